The maximum Gasteiger partial charge on any atom is 0.407 e. The first-order chi connectivity index (χ1) is 14.4. The molecule has 0 bridgehead atoms. The molecule has 1 N–H and O–H groups in total. The third-order valence-corrected chi connectivity index (χ3v) is 6.55. The number of carboxylic acid groups (broad SMARTS) is 1. The van der Waals surface area contributed by atoms with Crippen LogP contribution in [0.1, 0.15) is 65.5 Å². The largest absolute Gasteiger partial charge is 0.465 e. The number of aromatic nitrogens is 3. The Morgan fingerprint density at radius 1 is 1.35 bits per heavy atom. The van der Waals surface area contributed by atoms with Crippen LogP contribution in [0.2, 0.25) is 0 Å². The van der Waals surface area contributed by atoms with Gasteiger partial charge < -0.3 is 10.0 Å². The number of pyridine rings is 1. The molecule has 3 rings (SSSR count). The lowest BCUT2D eigenvalue weighted by Crippen LogP contribution is -2.51. The third-order valence-electron chi connectivity index (χ3n) is 6.55. The summed E-state index contributed by atoms with van der Waals surface area (Å²) < 4.78 is 16.4. The summed E-state index contributed by atoms with van der Waals surface area (Å²) in [5.74, 6) is 0.0601. The molecular weight excluding hydrogens is 399 g/mol. The summed E-state index contributed by atoms with van der Waals surface area (Å²) in [5, 5.41) is 9.65. The lowest BCUT2D eigenvalue weighted by atomic mass is 9.68. The lowest BCUT2D eigenvalue weighted by Gasteiger charge is -2.46. The number of imidazole rings is 1. The molecule has 2 atom stereocenters. The van der Waals surface area contributed by atoms with Crippen molar-refractivity contribution >= 4 is 17.3 Å². The van der Waals surface area contributed by atoms with Crippen LogP contribution in [0.3, 0.4) is 0 Å². The van der Waals surface area contributed by atoms with Gasteiger partial charge in [0.15, 0.2) is 5.65 Å². The van der Waals surface area contributed by atoms with Crippen LogP contribution < -0.4 is 5.69 Å². The molecule has 7 nitrogen and oxygen atoms in total. The van der Waals surface area contributed by atoms with E-state index in [-0.39, 0.29) is 35.0 Å². The zero-order valence-electron chi connectivity index (χ0n) is 19.5. The monoisotopic (exact) mass is 434 g/mol. The predicted octanol–water partition coefficient (Wildman–Crippen LogP) is 4.39. The predicted molar refractivity (Wildman–Crippen MR) is 119 cm³/mol. The molecule has 172 valence electrons. The van der Waals surface area contributed by atoms with Crippen molar-refractivity contribution in [1.82, 2.24) is 19.0 Å². The number of hydrogen-bond donors (Lipinski definition) is 1. The molecule has 31 heavy (non-hydrogen) atoms. The number of nitrogens with zero attached hydrogens (tertiary/aromatic N) is 4. The quantitative estimate of drug-likeness (QED) is 0.757. The maximum atomic E-state index is 13.1. The number of fused-ring (bicyclic) bond motifs is 1. The van der Waals surface area contributed by atoms with Gasteiger partial charge >= 0.3 is 11.8 Å². The molecule has 0 aromatic carbocycles. The first-order valence-corrected chi connectivity index (χ1v) is 11.0. The molecule has 2 aromatic heterocycles. The van der Waals surface area contributed by atoms with Crippen LogP contribution in [0, 0.1) is 10.8 Å². The van der Waals surface area contributed by atoms with Crippen LogP contribution in [0.25, 0.3) is 11.2 Å². The Morgan fingerprint density at radius 2 is 2.03 bits per heavy atom. The van der Waals surface area contributed by atoms with Gasteiger partial charge in [-0.05, 0) is 42.2 Å². The average Bonchev–Trinajstić information content (AvgIpc) is 2.89. The van der Waals surface area contributed by atoms with E-state index >= 15 is 0 Å². The fraction of sp³-hybridized carbons (Fsp3) is 0.696. The van der Waals surface area contributed by atoms with Crippen molar-refractivity contribution in [2.24, 2.45) is 17.9 Å². The first kappa shape index (κ1) is 23.3. The van der Waals surface area contributed by atoms with Crippen molar-refractivity contribution in [3.63, 3.8) is 0 Å². The Morgan fingerprint density at radius 3 is 2.61 bits per heavy atom. The normalized spacial score (nSPS) is 21.4. The van der Waals surface area contributed by atoms with E-state index in [1.54, 1.807) is 16.2 Å². The zero-order valence-corrected chi connectivity index (χ0v) is 19.5. The zero-order chi connectivity index (χ0) is 23.1. The lowest BCUT2D eigenvalue weighted by molar-refractivity contribution is 0.0381. The Labute approximate surface area is 182 Å². The second kappa shape index (κ2) is 8.28. The highest BCUT2D eigenvalue weighted by atomic mass is 19.1. The van der Waals surface area contributed by atoms with Crippen molar-refractivity contribution in [2.75, 3.05) is 13.2 Å². The van der Waals surface area contributed by atoms with E-state index in [1.165, 1.54) is 4.90 Å². The SMILES string of the molecule is Cn1c(=O)n(CC(C)(C)C)c2ccc(C3CCC(C)(C)C(N(CCF)C(=O)O)C3)nc21. The average molecular weight is 435 g/mol. The minimum atomic E-state index is -1.08. The molecule has 0 spiro atoms. The molecule has 1 fully saturated rings. The standard InChI is InChI=1S/C23H35FN4O3/c1-22(2,3)14-28-17-8-7-16(25-19(17)26(6)20(28)29)15-9-10-23(4,5)18(13-15)27(12-11-24)21(30)31/h7-8,15,18H,9-14H2,1-6H3,(H,30,31). The fourth-order valence-corrected chi connectivity index (χ4v) is 4.86. The van der Waals surface area contributed by atoms with Crippen LogP contribution in [0.4, 0.5) is 9.18 Å². The van der Waals surface area contributed by atoms with Crippen LogP contribution in [0.15, 0.2) is 16.9 Å². The fourth-order valence-electron chi connectivity index (χ4n) is 4.86. The Kier molecular flexibility index (Phi) is 6.22. The second-order valence-corrected chi connectivity index (χ2v) is 10.7. The number of rotatable bonds is 5. The highest BCUT2D eigenvalue weighted by molar-refractivity contribution is 5.72. The Hall–Kier alpha value is -2.38. The minimum absolute atomic E-state index is 0.0460. The van der Waals surface area contributed by atoms with Crippen LogP contribution in [-0.2, 0) is 13.6 Å². The van der Waals surface area contributed by atoms with Crippen molar-refractivity contribution in [3.8, 4) is 0 Å². The molecule has 0 radical (unpaired) electrons. The van der Waals surface area contributed by atoms with Crippen LogP contribution >= 0.6 is 0 Å². The summed E-state index contributed by atoms with van der Waals surface area (Å²) in [6.07, 6.45) is 1.21. The topological polar surface area (TPSA) is 80.4 Å². The molecule has 0 saturated heterocycles. The van der Waals surface area contributed by atoms with Gasteiger partial charge in [-0.1, -0.05) is 34.6 Å². The van der Waals surface area contributed by atoms with E-state index in [0.29, 0.717) is 18.6 Å². The molecule has 8 heteroatoms. The summed E-state index contributed by atoms with van der Waals surface area (Å²) in [6.45, 7) is 10.2. The summed E-state index contributed by atoms with van der Waals surface area (Å²) in [4.78, 5) is 30.7. The molecule has 0 aliphatic heterocycles. The highest BCUT2D eigenvalue weighted by Crippen LogP contribution is 2.45. The number of carbonyl (C=O) groups is 1. The summed E-state index contributed by atoms with van der Waals surface area (Å²) in [7, 11) is 1.74. The Bertz CT molecular complexity index is 1020. The van der Waals surface area contributed by atoms with Crippen LogP contribution in [0.5, 0.6) is 0 Å². The van der Waals surface area contributed by atoms with Gasteiger partial charge in [0.1, 0.15) is 6.67 Å². The maximum absolute atomic E-state index is 13.1. The summed E-state index contributed by atoms with van der Waals surface area (Å²) >= 11 is 0. The number of halogens is 1. The molecule has 2 unspecified atom stereocenters. The van der Waals surface area contributed by atoms with Gasteiger partial charge in [0.2, 0.25) is 0 Å². The van der Waals surface area contributed by atoms with Crippen molar-refractivity contribution < 1.29 is 14.3 Å². The van der Waals surface area contributed by atoms with Gasteiger partial charge in [-0.25, -0.2) is 19.0 Å². The summed E-state index contributed by atoms with van der Waals surface area (Å²) in [5.41, 5.74) is 1.95. The molecule has 2 aromatic rings. The summed E-state index contributed by atoms with van der Waals surface area (Å²) in [6, 6.07) is 3.63. The second-order valence-electron chi connectivity index (χ2n) is 10.7. The number of aryl methyl sites for hydroxylation is 1. The van der Waals surface area contributed by atoms with E-state index in [4.69, 9.17) is 4.98 Å². The van der Waals surface area contributed by atoms with Crippen LogP contribution in [-0.4, -0.2) is 49.5 Å². The molecular formula is C23H35FN4O3. The van der Waals surface area contributed by atoms with E-state index in [9.17, 15) is 19.1 Å². The number of hydrogen-bond acceptors (Lipinski definition) is 3. The van der Waals surface area contributed by atoms with Gasteiger partial charge in [-0.2, -0.15) is 0 Å². The van der Waals surface area contributed by atoms with Crippen molar-refractivity contribution in [2.45, 2.75) is 72.4 Å². The number of alkyl halides is 1. The molecule has 1 saturated carbocycles. The van der Waals surface area contributed by atoms with E-state index in [1.807, 2.05) is 12.1 Å². The van der Waals surface area contributed by atoms with E-state index in [0.717, 1.165) is 24.1 Å². The minimum Gasteiger partial charge on any atom is -0.465 e. The van der Waals surface area contributed by atoms with E-state index in [2.05, 4.69) is 34.6 Å². The van der Waals surface area contributed by atoms with Gasteiger partial charge in [0.25, 0.3) is 0 Å². The van der Waals surface area contributed by atoms with Gasteiger partial charge in [0, 0.05) is 31.2 Å². The molecule has 1 aliphatic rings. The molecule has 1 aliphatic carbocycles. The third kappa shape index (κ3) is 4.62. The smallest absolute Gasteiger partial charge is 0.407 e. The molecule has 2 heterocycles. The van der Waals surface area contributed by atoms with Crippen molar-refractivity contribution in [1.29, 1.82) is 0 Å². The number of amides is 1. The van der Waals surface area contributed by atoms with Gasteiger partial charge in [-0.15, -0.1) is 0 Å². The highest BCUT2D eigenvalue weighted by Gasteiger charge is 2.42. The Balaban J connectivity index is 1.97. The van der Waals surface area contributed by atoms with Crippen molar-refractivity contribution in [3.05, 3.63) is 28.3 Å². The van der Waals surface area contributed by atoms with Gasteiger partial charge in [-0.3, -0.25) is 9.13 Å². The first-order valence-electron chi connectivity index (χ1n) is 11.0. The van der Waals surface area contributed by atoms with Gasteiger partial charge in [0.05, 0.1) is 12.1 Å². The molecule has 1 amide bonds. The van der Waals surface area contributed by atoms with E-state index < -0.39 is 12.8 Å².